The first-order valence-corrected chi connectivity index (χ1v) is 11.2. The lowest BCUT2D eigenvalue weighted by Crippen LogP contribution is -2.48. The van der Waals surface area contributed by atoms with Gasteiger partial charge in [0.25, 0.3) is 0 Å². The molecule has 0 aliphatic carbocycles. The Balaban J connectivity index is 1.76. The summed E-state index contributed by atoms with van der Waals surface area (Å²) in [7, 11) is 3.00. The number of rotatable bonds is 5. The smallest absolute Gasteiger partial charge is 0.337 e. The molecule has 0 saturated heterocycles. The Morgan fingerprint density at radius 2 is 1.84 bits per heavy atom. The van der Waals surface area contributed by atoms with Crippen molar-refractivity contribution in [3.63, 3.8) is 0 Å². The van der Waals surface area contributed by atoms with Crippen LogP contribution >= 0.6 is 22.9 Å². The summed E-state index contributed by atoms with van der Waals surface area (Å²) >= 11 is 7.56. The second-order valence-electron chi connectivity index (χ2n) is 7.41. The molecule has 32 heavy (non-hydrogen) atoms. The van der Waals surface area contributed by atoms with Gasteiger partial charge in [-0.2, -0.15) is 0 Å². The van der Waals surface area contributed by atoms with Crippen molar-refractivity contribution in [1.82, 2.24) is 14.8 Å². The maximum atomic E-state index is 13.3. The fourth-order valence-electron chi connectivity index (χ4n) is 3.77. The molecule has 8 heteroatoms. The molecule has 1 aliphatic heterocycles. The Kier molecular flexibility index (Phi) is 6.30. The van der Waals surface area contributed by atoms with Gasteiger partial charge in [0.15, 0.2) is 0 Å². The predicted octanol–water partition coefficient (Wildman–Crippen LogP) is 5.52. The average Bonchev–Trinajstić information content (AvgIpc) is 3.29. The van der Waals surface area contributed by atoms with Crippen LogP contribution in [0.5, 0.6) is 0 Å². The van der Waals surface area contributed by atoms with E-state index in [4.69, 9.17) is 21.3 Å². The average molecular weight is 468 g/mol. The molecular weight excluding hydrogens is 446 g/mol. The second-order valence-corrected chi connectivity index (χ2v) is 8.79. The number of nitrogens with zero attached hydrogens (tertiary/aromatic N) is 3. The summed E-state index contributed by atoms with van der Waals surface area (Å²) in [6.07, 6.45) is 0. The Morgan fingerprint density at radius 1 is 1.16 bits per heavy atom. The summed E-state index contributed by atoms with van der Waals surface area (Å²) in [5.41, 5.74) is 3.61. The number of thiazole rings is 1. The minimum absolute atomic E-state index is 0.216. The molecule has 2 aromatic carbocycles. The number of carbonyl (C=O) groups is 2. The number of hydrogen-bond acceptors (Lipinski definition) is 5. The van der Waals surface area contributed by atoms with Crippen LogP contribution in [0.3, 0.4) is 0 Å². The van der Waals surface area contributed by atoms with Crippen molar-refractivity contribution in [1.29, 1.82) is 0 Å². The van der Waals surface area contributed by atoms with E-state index in [0.29, 0.717) is 16.3 Å². The molecule has 0 spiro atoms. The summed E-state index contributed by atoms with van der Waals surface area (Å²) < 4.78 is 5.08. The lowest BCUT2D eigenvalue weighted by Gasteiger charge is -2.41. The van der Waals surface area contributed by atoms with Crippen LogP contribution in [-0.2, 0) is 16.1 Å². The number of allylic oxidation sites excluding steroid dienone is 1. The maximum Gasteiger partial charge on any atom is 0.337 e. The van der Waals surface area contributed by atoms with Crippen LogP contribution in [0, 0.1) is 0 Å². The number of hydrogen-bond donors (Lipinski definition) is 0. The first-order chi connectivity index (χ1) is 15.4. The molecule has 1 aliphatic rings. The van der Waals surface area contributed by atoms with Crippen LogP contribution in [0.1, 0.15) is 23.5 Å². The molecule has 3 aromatic rings. The summed E-state index contributed by atoms with van der Waals surface area (Å²) in [6.45, 7) is 2.00. The monoisotopic (exact) mass is 467 g/mol. The number of urea groups is 1. The number of esters is 1. The molecule has 164 valence electrons. The van der Waals surface area contributed by atoms with E-state index >= 15 is 0 Å². The highest BCUT2D eigenvalue weighted by Crippen LogP contribution is 2.39. The Hall–Kier alpha value is -3.16. The molecule has 2 amide bonds. The summed E-state index contributed by atoms with van der Waals surface area (Å²) in [5, 5.41) is 3.32. The zero-order valence-electron chi connectivity index (χ0n) is 17.9. The summed E-state index contributed by atoms with van der Waals surface area (Å²) in [5.74, 6) is -0.476. The topological polar surface area (TPSA) is 62.7 Å². The van der Waals surface area contributed by atoms with E-state index in [-0.39, 0.29) is 12.6 Å². The molecule has 0 N–H and O–H groups in total. The highest BCUT2D eigenvalue weighted by Gasteiger charge is 2.41. The van der Waals surface area contributed by atoms with E-state index in [2.05, 4.69) is 0 Å². The first-order valence-electron chi connectivity index (χ1n) is 9.99. The van der Waals surface area contributed by atoms with E-state index < -0.39 is 12.0 Å². The molecule has 0 fully saturated rings. The van der Waals surface area contributed by atoms with Crippen LogP contribution in [0.2, 0.25) is 5.02 Å². The van der Waals surface area contributed by atoms with Gasteiger partial charge in [-0.05, 0) is 24.6 Å². The SMILES string of the molecule is COC(=O)C1=C(C)N(C)C(=O)N(Cc2nc(-c3ccccc3)cs2)C1c1ccc(Cl)cc1. The van der Waals surface area contributed by atoms with Gasteiger partial charge in [0.2, 0.25) is 0 Å². The predicted molar refractivity (Wildman–Crippen MR) is 125 cm³/mol. The molecule has 2 heterocycles. The molecule has 6 nitrogen and oxygen atoms in total. The lowest BCUT2D eigenvalue weighted by atomic mass is 9.93. The molecule has 0 radical (unpaired) electrons. The van der Waals surface area contributed by atoms with Crippen molar-refractivity contribution < 1.29 is 14.3 Å². The van der Waals surface area contributed by atoms with E-state index in [9.17, 15) is 9.59 Å². The summed E-state index contributed by atoms with van der Waals surface area (Å²) in [6, 6.07) is 16.2. The van der Waals surface area contributed by atoms with Gasteiger partial charge in [-0.1, -0.05) is 54.1 Å². The fraction of sp³-hybridized carbons (Fsp3) is 0.208. The van der Waals surface area contributed by atoms with Gasteiger partial charge in [-0.15, -0.1) is 11.3 Å². The van der Waals surface area contributed by atoms with Crippen LogP contribution in [0.4, 0.5) is 4.79 Å². The van der Waals surface area contributed by atoms with Gasteiger partial charge in [0.05, 0.1) is 31.0 Å². The number of amides is 2. The summed E-state index contributed by atoms with van der Waals surface area (Å²) in [4.78, 5) is 34.0. The standard InChI is InChI=1S/C24H22ClN3O3S/c1-15-21(23(29)31-3)22(17-9-11-18(25)12-10-17)28(24(30)27(15)2)13-20-26-19(14-32-20)16-7-5-4-6-8-16/h4-12,14,22H,13H2,1-3H3. The molecule has 1 unspecified atom stereocenters. The highest BCUT2D eigenvalue weighted by molar-refractivity contribution is 7.09. The minimum Gasteiger partial charge on any atom is -0.466 e. The second kappa shape index (κ2) is 9.14. The van der Waals surface area contributed by atoms with Crippen molar-refractivity contribution in [2.75, 3.05) is 14.2 Å². The van der Waals surface area contributed by atoms with Crippen LogP contribution in [-0.4, -0.2) is 40.9 Å². The quantitative estimate of drug-likeness (QED) is 0.463. The molecule has 4 rings (SSSR count). The van der Waals surface area contributed by atoms with E-state index in [1.165, 1.54) is 23.3 Å². The van der Waals surface area contributed by atoms with Gasteiger partial charge in [0, 0.05) is 28.7 Å². The molecular formula is C24H22ClN3O3S. The van der Waals surface area contributed by atoms with Crippen LogP contribution in [0.25, 0.3) is 11.3 Å². The maximum absolute atomic E-state index is 13.3. The van der Waals surface area contributed by atoms with Gasteiger partial charge in [-0.3, -0.25) is 0 Å². The molecule has 1 aromatic heterocycles. The van der Waals surface area contributed by atoms with Crippen molar-refractivity contribution in [3.05, 3.63) is 86.8 Å². The van der Waals surface area contributed by atoms with E-state index in [1.807, 2.05) is 47.8 Å². The zero-order chi connectivity index (χ0) is 22.8. The molecule has 0 bridgehead atoms. The Morgan fingerprint density at radius 3 is 2.50 bits per heavy atom. The van der Waals surface area contributed by atoms with Gasteiger partial charge in [0.1, 0.15) is 5.01 Å². The van der Waals surface area contributed by atoms with E-state index in [1.54, 1.807) is 31.0 Å². The molecule has 0 saturated carbocycles. The third-order valence-corrected chi connectivity index (χ3v) is 6.61. The zero-order valence-corrected chi connectivity index (χ0v) is 19.5. The van der Waals surface area contributed by atoms with Crippen molar-refractivity contribution in [2.24, 2.45) is 0 Å². The normalized spacial score (nSPS) is 16.5. The first kappa shape index (κ1) is 22.0. The van der Waals surface area contributed by atoms with Gasteiger partial charge in [-0.25, -0.2) is 14.6 Å². The number of carbonyl (C=O) groups excluding carboxylic acids is 2. The van der Waals surface area contributed by atoms with Crippen molar-refractivity contribution >= 4 is 34.9 Å². The minimum atomic E-state index is -0.618. The van der Waals surface area contributed by atoms with Crippen molar-refractivity contribution in [2.45, 2.75) is 19.5 Å². The fourth-order valence-corrected chi connectivity index (χ4v) is 4.70. The lowest BCUT2D eigenvalue weighted by molar-refractivity contribution is -0.137. The van der Waals surface area contributed by atoms with Crippen LogP contribution < -0.4 is 0 Å². The number of methoxy groups -OCH3 is 1. The number of benzene rings is 2. The number of halogens is 1. The van der Waals surface area contributed by atoms with E-state index in [0.717, 1.165) is 21.8 Å². The number of ether oxygens (including phenoxy) is 1. The third kappa shape index (κ3) is 4.13. The van der Waals surface area contributed by atoms with Gasteiger partial charge < -0.3 is 14.5 Å². The highest BCUT2D eigenvalue weighted by atomic mass is 35.5. The van der Waals surface area contributed by atoms with Crippen molar-refractivity contribution in [3.8, 4) is 11.3 Å². The van der Waals surface area contributed by atoms with Crippen LogP contribution in [0.15, 0.2) is 71.2 Å². The van der Waals surface area contributed by atoms with Gasteiger partial charge >= 0.3 is 12.0 Å². The largest absolute Gasteiger partial charge is 0.466 e. The molecule has 1 atom stereocenters. The Labute approximate surface area is 195 Å². The third-order valence-electron chi connectivity index (χ3n) is 5.53. The Bertz CT molecular complexity index is 1170. The number of aromatic nitrogens is 1.